The summed E-state index contributed by atoms with van der Waals surface area (Å²) in [5, 5.41) is 0. The van der Waals surface area contributed by atoms with Crippen molar-refractivity contribution in [1.82, 2.24) is 0 Å². The van der Waals surface area contributed by atoms with Crippen LogP contribution in [0.3, 0.4) is 0 Å². The summed E-state index contributed by atoms with van der Waals surface area (Å²) >= 11 is 0. The van der Waals surface area contributed by atoms with Crippen molar-refractivity contribution < 1.29 is 9.47 Å². The summed E-state index contributed by atoms with van der Waals surface area (Å²) in [6.45, 7) is 2.51. The summed E-state index contributed by atoms with van der Waals surface area (Å²) in [5.41, 5.74) is 0.0963. The lowest BCUT2D eigenvalue weighted by molar-refractivity contribution is -0.219. The van der Waals surface area contributed by atoms with Crippen LogP contribution in [0.4, 0.5) is 0 Å². The lowest BCUT2D eigenvalue weighted by Gasteiger charge is -2.50. The molecule has 2 heteroatoms. The van der Waals surface area contributed by atoms with Gasteiger partial charge in [0.15, 0.2) is 0 Å². The van der Waals surface area contributed by atoms with E-state index in [2.05, 4.69) is 0 Å². The second-order valence-corrected chi connectivity index (χ2v) is 6.53. The molecule has 0 N–H and O–H groups in total. The summed E-state index contributed by atoms with van der Waals surface area (Å²) in [5.74, 6) is 1.55. The van der Waals surface area contributed by atoms with Crippen LogP contribution >= 0.6 is 0 Å². The van der Waals surface area contributed by atoms with E-state index < -0.39 is 0 Å². The minimum absolute atomic E-state index is 0.0963. The zero-order chi connectivity index (χ0) is 12.3. The summed E-state index contributed by atoms with van der Waals surface area (Å²) in [6.07, 6.45) is 14.0. The molecule has 1 saturated heterocycles. The quantitative estimate of drug-likeness (QED) is 0.741. The van der Waals surface area contributed by atoms with Crippen LogP contribution in [-0.4, -0.2) is 25.4 Å². The molecule has 1 aliphatic heterocycles. The normalized spacial score (nSPS) is 31.3. The van der Waals surface area contributed by atoms with Crippen LogP contribution in [0.2, 0.25) is 0 Å². The Hall–Kier alpha value is -0.0800. The van der Waals surface area contributed by atoms with E-state index in [1.807, 2.05) is 0 Å². The van der Waals surface area contributed by atoms with Gasteiger partial charge in [0, 0.05) is 0 Å². The molecule has 104 valence electrons. The second-order valence-electron chi connectivity index (χ2n) is 6.53. The third-order valence-corrected chi connectivity index (χ3v) is 5.52. The molecule has 0 aromatic heterocycles. The molecule has 2 nitrogen and oxygen atoms in total. The SMILES string of the molecule is C1CCC(C2(C3CCCCC3)COCCO2)CC1. The second kappa shape index (κ2) is 5.92. The molecule has 0 aromatic carbocycles. The zero-order valence-corrected chi connectivity index (χ0v) is 11.7. The average Bonchev–Trinajstić information content (AvgIpc) is 2.50. The first-order chi connectivity index (χ1) is 8.92. The van der Waals surface area contributed by atoms with E-state index in [1.54, 1.807) is 0 Å². The molecular formula is C16H28O2. The van der Waals surface area contributed by atoms with Gasteiger partial charge in [0.2, 0.25) is 0 Å². The Morgan fingerprint density at radius 2 is 1.22 bits per heavy atom. The van der Waals surface area contributed by atoms with Crippen molar-refractivity contribution in [3.05, 3.63) is 0 Å². The van der Waals surface area contributed by atoms with Crippen molar-refractivity contribution in [3.8, 4) is 0 Å². The Morgan fingerprint density at radius 3 is 1.67 bits per heavy atom. The topological polar surface area (TPSA) is 18.5 Å². The molecule has 3 fully saturated rings. The molecule has 0 radical (unpaired) electrons. The molecule has 1 heterocycles. The standard InChI is InChI=1S/C16H28O2/c1-3-7-14(8-4-1)16(13-17-11-12-18-16)15-9-5-2-6-10-15/h14-15H,1-13H2. The number of rotatable bonds is 2. The maximum Gasteiger partial charge on any atom is 0.0971 e. The summed E-state index contributed by atoms with van der Waals surface area (Å²) in [6, 6.07) is 0. The fourth-order valence-corrected chi connectivity index (χ4v) is 4.55. The molecule has 2 saturated carbocycles. The molecule has 18 heavy (non-hydrogen) atoms. The predicted octanol–water partition coefficient (Wildman–Crippen LogP) is 3.93. The third kappa shape index (κ3) is 2.46. The van der Waals surface area contributed by atoms with Gasteiger partial charge in [0.1, 0.15) is 0 Å². The maximum absolute atomic E-state index is 6.42. The first kappa shape index (κ1) is 12.9. The molecule has 3 aliphatic rings. The summed E-state index contributed by atoms with van der Waals surface area (Å²) in [4.78, 5) is 0. The van der Waals surface area contributed by atoms with Gasteiger partial charge >= 0.3 is 0 Å². The van der Waals surface area contributed by atoms with E-state index in [1.165, 1.54) is 64.2 Å². The van der Waals surface area contributed by atoms with Crippen molar-refractivity contribution >= 4 is 0 Å². The minimum atomic E-state index is 0.0963. The maximum atomic E-state index is 6.42. The highest BCUT2D eigenvalue weighted by atomic mass is 16.6. The van der Waals surface area contributed by atoms with Crippen LogP contribution in [-0.2, 0) is 9.47 Å². The van der Waals surface area contributed by atoms with Gasteiger partial charge in [-0.3, -0.25) is 0 Å². The van der Waals surface area contributed by atoms with Crippen LogP contribution in [0.1, 0.15) is 64.2 Å². The largest absolute Gasteiger partial charge is 0.376 e. The number of hydrogen-bond acceptors (Lipinski definition) is 2. The molecule has 0 spiro atoms. The van der Waals surface area contributed by atoms with Crippen LogP contribution in [0.25, 0.3) is 0 Å². The Labute approximate surface area is 111 Å². The molecular weight excluding hydrogens is 224 g/mol. The van der Waals surface area contributed by atoms with Gasteiger partial charge in [0.05, 0.1) is 25.4 Å². The highest BCUT2D eigenvalue weighted by molar-refractivity contribution is 4.97. The smallest absolute Gasteiger partial charge is 0.0971 e. The van der Waals surface area contributed by atoms with Crippen LogP contribution < -0.4 is 0 Å². The molecule has 0 amide bonds. The van der Waals surface area contributed by atoms with Crippen molar-refractivity contribution in [3.63, 3.8) is 0 Å². The highest BCUT2D eigenvalue weighted by Crippen LogP contribution is 2.46. The Bertz CT molecular complexity index is 226. The van der Waals surface area contributed by atoms with Crippen molar-refractivity contribution in [2.24, 2.45) is 11.8 Å². The average molecular weight is 252 g/mol. The van der Waals surface area contributed by atoms with Gasteiger partial charge < -0.3 is 9.47 Å². The van der Waals surface area contributed by atoms with E-state index in [0.29, 0.717) is 0 Å². The van der Waals surface area contributed by atoms with E-state index in [-0.39, 0.29) is 5.60 Å². The van der Waals surface area contributed by atoms with Crippen molar-refractivity contribution in [2.75, 3.05) is 19.8 Å². The monoisotopic (exact) mass is 252 g/mol. The first-order valence-corrected chi connectivity index (χ1v) is 8.13. The van der Waals surface area contributed by atoms with Gasteiger partial charge in [-0.15, -0.1) is 0 Å². The molecule has 0 unspecified atom stereocenters. The lowest BCUT2D eigenvalue weighted by atomic mass is 9.66. The molecule has 2 aliphatic carbocycles. The van der Waals surface area contributed by atoms with Gasteiger partial charge in [-0.1, -0.05) is 38.5 Å². The van der Waals surface area contributed by atoms with Gasteiger partial charge in [-0.25, -0.2) is 0 Å². The van der Waals surface area contributed by atoms with Crippen LogP contribution in [0.5, 0.6) is 0 Å². The lowest BCUT2D eigenvalue weighted by Crippen LogP contribution is -2.55. The van der Waals surface area contributed by atoms with Crippen molar-refractivity contribution in [1.29, 1.82) is 0 Å². The van der Waals surface area contributed by atoms with E-state index in [4.69, 9.17) is 9.47 Å². The van der Waals surface area contributed by atoms with Crippen molar-refractivity contribution in [2.45, 2.75) is 69.8 Å². The van der Waals surface area contributed by atoms with Gasteiger partial charge in [-0.05, 0) is 37.5 Å². The number of ether oxygens (including phenoxy) is 2. The summed E-state index contributed by atoms with van der Waals surface area (Å²) < 4.78 is 12.3. The van der Waals surface area contributed by atoms with E-state index in [9.17, 15) is 0 Å². The van der Waals surface area contributed by atoms with Gasteiger partial charge in [-0.2, -0.15) is 0 Å². The molecule has 0 bridgehead atoms. The molecule has 3 rings (SSSR count). The minimum Gasteiger partial charge on any atom is -0.376 e. The van der Waals surface area contributed by atoms with Gasteiger partial charge in [0.25, 0.3) is 0 Å². The van der Waals surface area contributed by atoms with Crippen LogP contribution in [0.15, 0.2) is 0 Å². The fraction of sp³-hybridized carbons (Fsp3) is 1.00. The van der Waals surface area contributed by atoms with Crippen LogP contribution in [0, 0.1) is 11.8 Å². The Morgan fingerprint density at radius 1 is 0.667 bits per heavy atom. The number of hydrogen-bond donors (Lipinski definition) is 0. The molecule has 0 atom stereocenters. The highest BCUT2D eigenvalue weighted by Gasteiger charge is 2.48. The Balaban J connectivity index is 1.77. The zero-order valence-electron chi connectivity index (χ0n) is 11.7. The predicted molar refractivity (Wildman–Crippen MR) is 72.7 cm³/mol. The fourth-order valence-electron chi connectivity index (χ4n) is 4.55. The van der Waals surface area contributed by atoms with E-state index >= 15 is 0 Å². The molecule has 0 aromatic rings. The third-order valence-electron chi connectivity index (χ3n) is 5.52. The first-order valence-electron chi connectivity index (χ1n) is 8.13. The van der Waals surface area contributed by atoms with E-state index in [0.717, 1.165) is 31.7 Å². The Kier molecular flexibility index (Phi) is 4.25. The summed E-state index contributed by atoms with van der Waals surface area (Å²) in [7, 11) is 0.